The molecule has 1 aromatic carbocycles. The molecule has 26 heavy (non-hydrogen) atoms. The Balaban J connectivity index is 1.39. The highest BCUT2D eigenvalue weighted by atomic mass is 32.1. The van der Waals surface area contributed by atoms with Crippen LogP contribution in [-0.4, -0.2) is 49.0 Å². The summed E-state index contributed by atoms with van der Waals surface area (Å²) in [7, 11) is 1.70. The molecule has 0 saturated carbocycles. The Hall–Kier alpha value is -1.85. The second-order valence-corrected chi connectivity index (χ2v) is 8.56. The summed E-state index contributed by atoms with van der Waals surface area (Å²) in [4.78, 5) is 18.2. The first-order valence-electron chi connectivity index (χ1n) is 9.36. The number of benzene rings is 1. The number of carbonyl (C=O) groups is 1. The lowest BCUT2D eigenvalue weighted by Gasteiger charge is -2.40. The Morgan fingerprint density at radius 1 is 1.15 bits per heavy atom. The van der Waals surface area contributed by atoms with Gasteiger partial charge in [-0.1, -0.05) is 18.2 Å². The van der Waals surface area contributed by atoms with E-state index in [2.05, 4.69) is 21.9 Å². The van der Waals surface area contributed by atoms with E-state index < -0.39 is 0 Å². The molecule has 4 rings (SSSR count). The SMILES string of the molecule is COc1ccc(CN2CCC3(CCCN(C(=O)c4cccs4)C3)C2)cc1. The predicted octanol–water partition coefficient (Wildman–Crippen LogP) is 3.89. The molecule has 1 atom stereocenters. The topological polar surface area (TPSA) is 32.8 Å². The summed E-state index contributed by atoms with van der Waals surface area (Å²) < 4.78 is 5.24. The van der Waals surface area contributed by atoms with Crippen LogP contribution in [0.3, 0.4) is 0 Å². The second-order valence-electron chi connectivity index (χ2n) is 7.62. The number of ether oxygens (including phenoxy) is 1. The number of rotatable bonds is 4. The van der Waals surface area contributed by atoms with E-state index in [0.29, 0.717) is 0 Å². The molecule has 138 valence electrons. The molecule has 0 N–H and O–H groups in total. The molecular formula is C21H26N2O2S. The molecule has 5 heteroatoms. The molecule has 1 aromatic heterocycles. The Morgan fingerprint density at radius 3 is 2.73 bits per heavy atom. The van der Waals surface area contributed by atoms with Gasteiger partial charge in [-0.2, -0.15) is 0 Å². The van der Waals surface area contributed by atoms with Crippen LogP contribution in [-0.2, 0) is 6.54 Å². The third-order valence-electron chi connectivity index (χ3n) is 5.76. The number of methoxy groups -OCH3 is 1. The van der Waals surface area contributed by atoms with Gasteiger partial charge in [-0.3, -0.25) is 9.69 Å². The quantitative estimate of drug-likeness (QED) is 0.819. The summed E-state index contributed by atoms with van der Waals surface area (Å²) >= 11 is 1.55. The maximum absolute atomic E-state index is 12.7. The maximum atomic E-state index is 12.7. The van der Waals surface area contributed by atoms with Gasteiger partial charge < -0.3 is 9.64 Å². The van der Waals surface area contributed by atoms with Gasteiger partial charge in [-0.05, 0) is 54.9 Å². The number of nitrogens with zero attached hydrogens (tertiary/aromatic N) is 2. The van der Waals surface area contributed by atoms with Crippen LogP contribution in [0, 0.1) is 5.41 Å². The number of piperidine rings is 1. The zero-order valence-corrected chi connectivity index (χ0v) is 16.1. The number of hydrogen-bond donors (Lipinski definition) is 0. The van der Waals surface area contributed by atoms with Crippen molar-refractivity contribution in [3.8, 4) is 5.75 Å². The Bertz CT molecular complexity index is 744. The van der Waals surface area contributed by atoms with Gasteiger partial charge >= 0.3 is 0 Å². The molecule has 0 aliphatic carbocycles. The molecule has 1 unspecified atom stereocenters. The molecular weight excluding hydrogens is 344 g/mol. The molecule has 2 saturated heterocycles. The van der Waals surface area contributed by atoms with E-state index in [1.807, 2.05) is 29.6 Å². The lowest BCUT2D eigenvalue weighted by atomic mass is 9.79. The number of carbonyl (C=O) groups excluding carboxylic acids is 1. The Kier molecular flexibility index (Phi) is 5.00. The van der Waals surface area contributed by atoms with Crippen LogP contribution in [0.5, 0.6) is 5.75 Å². The van der Waals surface area contributed by atoms with Crippen LogP contribution in [0.25, 0.3) is 0 Å². The van der Waals surface area contributed by atoms with Crippen molar-refractivity contribution >= 4 is 17.2 Å². The highest BCUT2D eigenvalue weighted by molar-refractivity contribution is 7.12. The third kappa shape index (κ3) is 3.64. The van der Waals surface area contributed by atoms with Gasteiger partial charge in [0.2, 0.25) is 0 Å². The molecule has 2 aromatic rings. The average Bonchev–Trinajstić information content (AvgIpc) is 3.33. The number of thiophene rings is 1. The van der Waals surface area contributed by atoms with Crippen molar-refractivity contribution in [1.82, 2.24) is 9.80 Å². The average molecular weight is 371 g/mol. The zero-order valence-electron chi connectivity index (χ0n) is 15.3. The minimum Gasteiger partial charge on any atom is -0.497 e. The van der Waals surface area contributed by atoms with E-state index in [-0.39, 0.29) is 11.3 Å². The predicted molar refractivity (Wildman–Crippen MR) is 105 cm³/mol. The highest BCUT2D eigenvalue weighted by Gasteiger charge is 2.42. The van der Waals surface area contributed by atoms with E-state index in [0.717, 1.165) is 49.8 Å². The maximum Gasteiger partial charge on any atom is 0.263 e. The summed E-state index contributed by atoms with van der Waals surface area (Å²) in [5.41, 5.74) is 1.60. The first-order chi connectivity index (χ1) is 12.7. The van der Waals surface area contributed by atoms with E-state index >= 15 is 0 Å². The van der Waals surface area contributed by atoms with Crippen LogP contribution in [0.15, 0.2) is 41.8 Å². The molecule has 2 aliphatic heterocycles. The first-order valence-corrected chi connectivity index (χ1v) is 10.2. The Morgan fingerprint density at radius 2 is 2.00 bits per heavy atom. The van der Waals surface area contributed by atoms with Crippen molar-refractivity contribution in [3.05, 3.63) is 52.2 Å². The van der Waals surface area contributed by atoms with Crippen molar-refractivity contribution in [2.75, 3.05) is 33.3 Å². The fourth-order valence-corrected chi connectivity index (χ4v) is 5.11. The van der Waals surface area contributed by atoms with Crippen LogP contribution in [0.4, 0.5) is 0 Å². The van der Waals surface area contributed by atoms with Gasteiger partial charge in [0, 0.05) is 31.6 Å². The van der Waals surface area contributed by atoms with Gasteiger partial charge in [0.15, 0.2) is 0 Å². The zero-order chi connectivity index (χ0) is 18.0. The summed E-state index contributed by atoms with van der Waals surface area (Å²) in [6.07, 6.45) is 3.55. The summed E-state index contributed by atoms with van der Waals surface area (Å²) in [5.74, 6) is 1.12. The summed E-state index contributed by atoms with van der Waals surface area (Å²) in [6, 6.07) is 12.3. The third-order valence-corrected chi connectivity index (χ3v) is 6.62. The molecule has 0 bridgehead atoms. The van der Waals surface area contributed by atoms with Crippen molar-refractivity contribution in [1.29, 1.82) is 0 Å². The molecule has 0 radical (unpaired) electrons. The van der Waals surface area contributed by atoms with Gasteiger partial charge in [-0.25, -0.2) is 0 Å². The molecule has 2 aliphatic rings. The summed E-state index contributed by atoms with van der Waals surface area (Å²) in [5, 5.41) is 1.99. The van der Waals surface area contributed by atoms with E-state index in [9.17, 15) is 4.79 Å². The Labute approximate surface area is 159 Å². The molecule has 1 spiro atoms. The van der Waals surface area contributed by atoms with Crippen LogP contribution < -0.4 is 4.74 Å². The lowest BCUT2D eigenvalue weighted by molar-refractivity contribution is 0.0531. The lowest BCUT2D eigenvalue weighted by Crippen LogP contribution is -2.47. The fraction of sp³-hybridized carbons (Fsp3) is 0.476. The molecule has 3 heterocycles. The van der Waals surface area contributed by atoms with Crippen LogP contribution in [0.2, 0.25) is 0 Å². The van der Waals surface area contributed by atoms with Crippen molar-refractivity contribution in [3.63, 3.8) is 0 Å². The normalized spacial score (nSPS) is 23.5. The molecule has 1 amide bonds. The second kappa shape index (κ2) is 7.41. The largest absolute Gasteiger partial charge is 0.497 e. The van der Waals surface area contributed by atoms with Gasteiger partial charge in [-0.15, -0.1) is 11.3 Å². The minimum atomic E-state index is 0.215. The monoisotopic (exact) mass is 370 g/mol. The van der Waals surface area contributed by atoms with Crippen molar-refractivity contribution < 1.29 is 9.53 Å². The van der Waals surface area contributed by atoms with Gasteiger partial charge in [0.05, 0.1) is 12.0 Å². The van der Waals surface area contributed by atoms with E-state index in [4.69, 9.17) is 4.74 Å². The van der Waals surface area contributed by atoms with Gasteiger partial charge in [0.1, 0.15) is 5.75 Å². The number of amides is 1. The summed E-state index contributed by atoms with van der Waals surface area (Å²) in [6.45, 7) is 4.99. The molecule has 4 nitrogen and oxygen atoms in total. The number of hydrogen-bond acceptors (Lipinski definition) is 4. The van der Waals surface area contributed by atoms with Gasteiger partial charge in [0.25, 0.3) is 5.91 Å². The van der Waals surface area contributed by atoms with Crippen LogP contribution >= 0.6 is 11.3 Å². The van der Waals surface area contributed by atoms with Crippen molar-refractivity contribution in [2.45, 2.75) is 25.8 Å². The molecule has 2 fully saturated rings. The van der Waals surface area contributed by atoms with E-state index in [1.165, 1.54) is 18.4 Å². The number of likely N-dealkylation sites (tertiary alicyclic amines) is 2. The highest BCUT2D eigenvalue weighted by Crippen LogP contribution is 2.40. The first kappa shape index (κ1) is 17.6. The van der Waals surface area contributed by atoms with Crippen LogP contribution in [0.1, 0.15) is 34.5 Å². The standard InChI is InChI=1S/C21H26N2O2S/c1-25-18-7-5-17(6-8-18)14-22-12-10-21(15-22)9-3-11-23(16-21)20(24)19-4-2-13-26-19/h2,4-8,13H,3,9-12,14-16H2,1H3. The van der Waals surface area contributed by atoms with Crippen molar-refractivity contribution in [2.24, 2.45) is 5.41 Å². The minimum absolute atomic E-state index is 0.215. The van der Waals surface area contributed by atoms with E-state index in [1.54, 1.807) is 18.4 Å². The smallest absolute Gasteiger partial charge is 0.263 e. The fourth-order valence-electron chi connectivity index (χ4n) is 4.42.